The van der Waals surface area contributed by atoms with Crippen molar-refractivity contribution in [2.45, 2.75) is 12.8 Å². The molecule has 2 aromatic rings. The second-order valence-corrected chi connectivity index (χ2v) is 9.45. The van der Waals surface area contributed by atoms with Crippen LogP contribution >= 0.6 is 10.7 Å². The molecule has 0 saturated heterocycles. The monoisotopic (exact) mass is 406 g/mol. The summed E-state index contributed by atoms with van der Waals surface area (Å²) < 4.78 is 36.9. The van der Waals surface area contributed by atoms with Crippen LogP contribution in [-0.4, -0.2) is 38.7 Å². The number of benzene rings is 2. The van der Waals surface area contributed by atoms with E-state index in [-0.39, 0.29) is 11.6 Å². The molecular weight excluding hydrogens is 385 g/mol. The highest BCUT2D eigenvalue weighted by Crippen LogP contribution is 2.29. The average Bonchev–Trinajstić information content (AvgIpc) is 2.66. The van der Waals surface area contributed by atoms with Crippen LogP contribution < -0.4 is 0 Å². The van der Waals surface area contributed by atoms with Gasteiger partial charge >= 0.3 is 0 Å². The Morgan fingerprint density at radius 2 is 1.89 bits per heavy atom. The van der Waals surface area contributed by atoms with Crippen LogP contribution in [0.2, 0.25) is 0 Å². The Morgan fingerprint density at radius 3 is 2.56 bits per heavy atom. The maximum Gasteiger partial charge on any atom is 0.233 e. The first-order valence-corrected chi connectivity index (χ1v) is 11.4. The van der Waals surface area contributed by atoms with E-state index in [0.29, 0.717) is 11.1 Å². The summed E-state index contributed by atoms with van der Waals surface area (Å²) in [5.41, 5.74) is 3.28. The van der Waals surface area contributed by atoms with E-state index in [1.807, 2.05) is 24.3 Å². The van der Waals surface area contributed by atoms with Crippen molar-refractivity contribution in [1.29, 1.82) is 0 Å². The second-order valence-electron chi connectivity index (χ2n) is 6.63. The third-order valence-electron chi connectivity index (χ3n) is 4.72. The van der Waals surface area contributed by atoms with Crippen molar-refractivity contribution in [3.63, 3.8) is 0 Å². The lowest BCUT2D eigenvalue weighted by molar-refractivity contribution is 0.305. The number of rotatable bonds is 7. The maximum absolute atomic E-state index is 14.5. The van der Waals surface area contributed by atoms with E-state index in [9.17, 15) is 12.8 Å². The largest absolute Gasteiger partial charge is 0.299 e. The second kappa shape index (κ2) is 9.00. The van der Waals surface area contributed by atoms with E-state index < -0.39 is 9.05 Å². The molecule has 0 unspecified atom stereocenters. The summed E-state index contributed by atoms with van der Waals surface area (Å²) in [5.74, 6) is -0.652. The molecule has 0 saturated carbocycles. The van der Waals surface area contributed by atoms with Gasteiger partial charge in [-0.15, -0.1) is 0 Å². The maximum atomic E-state index is 14.5. The van der Waals surface area contributed by atoms with E-state index >= 15 is 0 Å². The molecule has 1 aliphatic heterocycles. The van der Waals surface area contributed by atoms with Gasteiger partial charge in [0.1, 0.15) is 5.82 Å². The fourth-order valence-corrected chi connectivity index (χ4v) is 3.88. The van der Waals surface area contributed by atoms with Gasteiger partial charge in [-0.3, -0.25) is 4.90 Å². The highest BCUT2D eigenvalue weighted by atomic mass is 35.7. The Labute approximate surface area is 164 Å². The number of hydrogen-bond acceptors (Lipinski definition) is 3. The summed E-state index contributed by atoms with van der Waals surface area (Å²) in [7, 11) is 1.63. The Kier molecular flexibility index (Phi) is 6.68. The van der Waals surface area contributed by atoms with E-state index in [1.165, 1.54) is 18.1 Å². The quantitative estimate of drug-likeness (QED) is 0.644. The predicted molar refractivity (Wildman–Crippen MR) is 109 cm³/mol. The summed E-state index contributed by atoms with van der Waals surface area (Å²) >= 11 is 0. The zero-order valence-corrected chi connectivity index (χ0v) is 16.5. The van der Waals surface area contributed by atoms with Crippen molar-refractivity contribution in [2.24, 2.45) is 0 Å². The molecule has 0 spiro atoms. The van der Waals surface area contributed by atoms with Gasteiger partial charge in [0.2, 0.25) is 9.05 Å². The van der Waals surface area contributed by atoms with Crippen molar-refractivity contribution in [1.82, 2.24) is 4.90 Å². The van der Waals surface area contributed by atoms with Gasteiger partial charge in [0.05, 0.1) is 5.75 Å². The van der Waals surface area contributed by atoms with Gasteiger partial charge < -0.3 is 0 Å². The molecule has 1 heterocycles. The van der Waals surface area contributed by atoms with Gasteiger partial charge in [-0.05, 0) is 35.6 Å². The van der Waals surface area contributed by atoms with E-state index in [1.54, 1.807) is 12.1 Å². The fourth-order valence-electron chi connectivity index (χ4n) is 3.31. The summed E-state index contributed by atoms with van der Waals surface area (Å²) in [5, 5.41) is 0. The molecule has 0 N–H and O–H groups in total. The molecule has 27 heavy (non-hydrogen) atoms. The molecule has 1 aliphatic rings. The van der Waals surface area contributed by atoms with Gasteiger partial charge in [0.25, 0.3) is 0 Å². The molecule has 3 rings (SSSR count). The lowest BCUT2D eigenvalue weighted by Crippen LogP contribution is -2.30. The van der Waals surface area contributed by atoms with Crippen molar-refractivity contribution < 1.29 is 12.8 Å². The van der Waals surface area contributed by atoms with Crippen LogP contribution in [0.3, 0.4) is 0 Å². The van der Waals surface area contributed by atoms with E-state index in [4.69, 9.17) is 10.7 Å². The lowest BCUT2D eigenvalue weighted by atomic mass is 9.93. The Bertz CT molecular complexity index is 913. The minimum atomic E-state index is -3.66. The van der Waals surface area contributed by atoms with Gasteiger partial charge in [-0.25, -0.2) is 12.8 Å². The molecule has 2 aromatic carbocycles. The molecule has 1 radical (unpaired) electrons. The third-order valence-corrected chi connectivity index (χ3v) is 5.66. The Hall–Kier alpha value is -1.69. The van der Waals surface area contributed by atoms with Crippen LogP contribution in [0.4, 0.5) is 4.39 Å². The van der Waals surface area contributed by atoms with Gasteiger partial charge in [-0.1, -0.05) is 48.5 Å². The van der Waals surface area contributed by atoms with Gasteiger partial charge in [0.15, 0.2) is 0 Å². The highest BCUT2D eigenvalue weighted by Gasteiger charge is 2.19. The molecule has 0 atom stereocenters. The number of halogens is 2. The van der Waals surface area contributed by atoms with Crippen molar-refractivity contribution in [3.8, 4) is 0 Å². The lowest BCUT2D eigenvalue weighted by Gasteiger charge is -2.27. The SMILES string of the molecule is O=S(=O)(Cl)C[CH]c1cccc(F)c1C1=CCN(CCc2ccccc2)CC1. The van der Waals surface area contributed by atoms with Crippen LogP contribution in [0.1, 0.15) is 23.1 Å². The topological polar surface area (TPSA) is 37.4 Å². The predicted octanol–water partition coefficient (Wildman–Crippen LogP) is 4.28. The van der Waals surface area contributed by atoms with Crippen LogP contribution in [0.15, 0.2) is 54.6 Å². The van der Waals surface area contributed by atoms with Crippen LogP contribution in [-0.2, 0) is 15.5 Å². The summed E-state index contributed by atoms with van der Waals surface area (Å²) in [6.45, 7) is 2.55. The zero-order valence-electron chi connectivity index (χ0n) is 14.9. The van der Waals surface area contributed by atoms with Gasteiger partial charge in [0, 0.05) is 42.3 Å². The minimum absolute atomic E-state index is 0.318. The first-order valence-electron chi connectivity index (χ1n) is 8.92. The van der Waals surface area contributed by atoms with E-state index in [2.05, 4.69) is 17.0 Å². The first kappa shape index (κ1) is 20.1. The van der Waals surface area contributed by atoms with E-state index in [0.717, 1.165) is 38.0 Å². The molecule has 0 amide bonds. The average molecular weight is 407 g/mol. The summed E-state index contributed by atoms with van der Waals surface area (Å²) in [4.78, 5) is 2.34. The minimum Gasteiger partial charge on any atom is -0.299 e. The normalized spacial score (nSPS) is 15.6. The molecule has 6 heteroatoms. The molecular formula is C21H22ClFNO2S. The highest BCUT2D eigenvalue weighted by molar-refractivity contribution is 8.13. The molecule has 0 aliphatic carbocycles. The third kappa shape index (κ3) is 5.89. The summed E-state index contributed by atoms with van der Waals surface area (Å²) in [6, 6.07) is 15.1. The molecule has 0 bridgehead atoms. The number of nitrogens with zero attached hydrogens (tertiary/aromatic N) is 1. The molecule has 3 nitrogen and oxygen atoms in total. The van der Waals surface area contributed by atoms with Crippen LogP contribution in [0, 0.1) is 12.2 Å². The van der Waals surface area contributed by atoms with Crippen molar-refractivity contribution >= 4 is 25.3 Å². The fraction of sp³-hybridized carbons (Fsp3) is 0.286. The Balaban J connectivity index is 1.68. The standard InChI is InChI=1S/C21H22ClFNO2S/c22-27(25,26)16-12-18-7-4-8-20(23)21(18)19-10-14-24(15-11-19)13-9-17-5-2-1-3-6-17/h1-8,10,12H,9,11,13-16H2. The van der Waals surface area contributed by atoms with Crippen molar-refractivity contribution in [3.05, 3.63) is 83.5 Å². The Morgan fingerprint density at radius 1 is 1.11 bits per heavy atom. The smallest absolute Gasteiger partial charge is 0.233 e. The molecule has 0 fully saturated rings. The first-order chi connectivity index (χ1) is 12.9. The van der Waals surface area contributed by atoms with Crippen LogP contribution in [0.5, 0.6) is 0 Å². The molecule has 143 valence electrons. The zero-order chi connectivity index (χ0) is 19.3. The van der Waals surface area contributed by atoms with Gasteiger partial charge in [-0.2, -0.15) is 0 Å². The number of hydrogen-bond donors (Lipinski definition) is 0. The summed E-state index contributed by atoms with van der Waals surface area (Å²) in [6.07, 6.45) is 5.23. The van der Waals surface area contributed by atoms with Crippen LogP contribution in [0.25, 0.3) is 5.57 Å². The molecule has 0 aromatic heterocycles. The van der Waals surface area contributed by atoms with Crippen molar-refractivity contribution in [2.75, 3.05) is 25.4 Å².